The monoisotopic (exact) mass is 288 g/mol. The zero-order valence-electron chi connectivity index (χ0n) is 10.8. The van der Waals surface area contributed by atoms with Crippen LogP contribution in [0.3, 0.4) is 0 Å². The van der Waals surface area contributed by atoms with E-state index < -0.39 is 5.97 Å². The van der Waals surface area contributed by atoms with Gasteiger partial charge in [0.25, 0.3) is 5.22 Å². The number of fused-ring (bicyclic) bond motifs is 1. The standard InChI is InChI=1S/C14H12N2O3S/c1-2-18-13(17)11-8-19-14(16-11)20-12-7-9-5-3-4-6-10(9)15-12/h3-8,15H,2H2,1H3. The fourth-order valence-corrected chi connectivity index (χ4v) is 2.57. The van der Waals surface area contributed by atoms with Crippen LogP contribution in [0.1, 0.15) is 17.4 Å². The van der Waals surface area contributed by atoms with Crippen LogP contribution < -0.4 is 0 Å². The minimum atomic E-state index is -0.472. The van der Waals surface area contributed by atoms with Crippen molar-refractivity contribution in [1.82, 2.24) is 9.97 Å². The van der Waals surface area contributed by atoms with Crippen molar-refractivity contribution in [3.05, 3.63) is 42.3 Å². The zero-order valence-corrected chi connectivity index (χ0v) is 11.6. The number of H-pyrrole nitrogens is 1. The minimum absolute atomic E-state index is 0.186. The molecular formula is C14H12N2O3S. The number of hydrogen-bond donors (Lipinski definition) is 1. The maximum absolute atomic E-state index is 11.5. The first kappa shape index (κ1) is 12.8. The first-order chi connectivity index (χ1) is 9.76. The molecule has 0 atom stereocenters. The number of aromatic amines is 1. The molecule has 0 saturated carbocycles. The van der Waals surface area contributed by atoms with Gasteiger partial charge in [-0.15, -0.1) is 0 Å². The molecule has 3 aromatic rings. The Kier molecular flexibility index (Phi) is 3.47. The Morgan fingerprint density at radius 3 is 3.10 bits per heavy atom. The smallest absolute Gasteiger partial charge is 0.360 e. The maximum Gasteiger partial charge on any atom is 0.360 e. The summed E-state index contributed by atoms with van der Waals surface area (Å²) >= 11 is 1.33. The van der Waals surface area contributed by atoms with E-state index in [1.807, 2.05) is 30.3 Å². The van der Waals surface area contributed by atoms with Crippen LogP contribution in [0.25, 0.3) is 10.9 Å². The number of hydrogen-bond acceptors (Lipinski definition) is 5. The lowest BCUT2D eigenvalue weighted by molar-refractivity contribution is 0.0519. The van der Waals surface area contributed by atoms with E-state index >= 15 is 0 Å². The first-order valence-corrected chi connectivity index (χ1v) is 6.96. The van der Waals surface area contributed by atoms with E-state index in [0.29, 0.717) is 11.8 Å². The summed E-state index contributed by atoms with van der Waals surface area (Å²) < 4.78 is 10.1. The fourth-order valence-electron chi connectivity index (χ4n) is 1.80. The van der Waals surface area contributed by atoms with Crippen molar-refractivity contribution >= 4 is 28.6 Å². The average molecular weight is 288 g/mol. The Hall–Kier alpha value is -2.21. The van der Waals surface area contributed by atoms with Gasteiger partial charge in [0.05, 0.1) is 11.6 Å². The molecule has 0 saturated heterocycles. The Morgan fingerprint density at radius 2 is 2.30 bits per heavy atom. The number of para-hydroxylation sites is 1. The Balaban J connectivity index is 1.79. The third kappa shape index (κ3) is 2.55. The number of carbonyl (C=O) groups is 1. The van der Waals surface area contributed by atoms with Crippen molar-refractivity contribution in [1.29, 1.82) is 0 Å². The topological polar surface area (TPSA) is 68.1 Å². The molecule has 1 N–H and O–H groups in total. The number of esters is 1. The molecule has 2 aromatic heterocycles. The van der Waals surface area contributed by atoms with E-state index in [4.69, 9.17) is 9.15 Å². The predicted octanol–water partition coefficient (Wildman–Crippen LogP) is 3.48. The van der Waals surface area contributed by atoms with Gasteiger partial charge in [-0.2, -0.15) is 4.98 Å². The predicted molar refractivity (Wildman–Crippen MR) is 74.9 cm³/mol. The molecule has 0 unspecified atom stereocenters. The number of rotatable bonds is 4. The van der Waals surface area contributed by atoms with Crippen LogP contribution in [0.4, 0.5) is 0 Å². The largest absolute Gasteiger partial charge is 0.461 e. The van der Waals surface area contributed by atoms with Crippen molar-refractivity contribution in [2.75, 3.05) is 6.61 Å². The van der Waals surface area contributed by atoms with Gasteiger partial charge in [-0.3, -0.25) is 0 Å². The summed E-state index contributed by atoms with van der Waals surface area (Å²) in [6, 6.07) is 9.98. The van der Waals surface area contributed by atoms with Crippen LogP contribution >= 0.6 is 11.8 Å². The molecule has 0 aliphatic heterocycles. The van der Waals surface area contributed by atoms with Gasteiger partial charge in [0, 0.05) is 10.9 Å². The number of carbonyl (C=O) groups excluding carboxylic acids is 1. The molecule has 1 aromatic carbocycles. The molecule has 0 spiro atoms. The van der Waals surface area contributed by atoms with E-state index in [1.165, 1.54) is 18.0 Å². The number of aromatic nitrogens is 2. The number of nitrogens with one attached hydrogen (secondary N) is 1. The van der Waals surface area contributed by atoms with Gasteiger partial charge in [0.1, 0.15) is 6.26 Å². The number of nitrogens with zero attached hydrogens (tertiary/aromatic N) is 1. The van der Waals surface area contributed by atoms with Crippen LogP contribution in [0.2, 0.25) is 0 Å². The molecule has 2 heterocycles. The molecule has 0 radical (unpaired) electrons. The molecule has 6 heteroatoms. The zero-order chi connectivity index (χ0) is 13.9. The van der Waals surface area contributed by atoms with Gasteiger partial charge in [0.2, 0.25) is 0 Å². The quantitative estimate of drug-likeness (QED) is 0.744. The Labute approximate surface area is 119 Å². The van der Waals surface area contributed by atoms with Gasteiger partial charge in [0.15, 0.2) is 5.69 Å². The van der Waals surface area contributed by atoms with Crippen molar-refractivity contribution in [2.24, 2.45) is 0 Å². The van der Waals surface area contributed by atoms with Gasteiger partial charge in [-0.05, 0) is 30.8 Å². The molecule has 0 fully saturated rings. The summed E-state index contributed by atoms with van der Waals surface area (Å²) in [5.41, 5.74) is 1.23. The molecule has 102 valence electrons. The van der Waals surface area contributed by atoms with Crippen molar-refractivity contribution in [2.45, 2.75) is 17.2 Å². The second kappa shape index (κ2) is 5.42. The Morgan fingerprint density at radius 1 is 1.45 bits per heavy atom. The highest BCUT2D eigenvalue weighted by Crippen LogP contribution is 2.29. The maximum atomic E-state index is 11.5. The van der Waals surface area contributed by atoms with Gasteiger partial charge >= 0.3 is 5.97 Å². The molecular weight excluding hydrogens is 276 g/mol. The third-order valence-electron chi connectivity index (χ3n) is 2.67. The van der Waals surface area contributed by atoms with Crippen molar-refractivity contribution in [3.8, 4) is 0 Å². The summed E-state index contributed by atoms with van der Waals surface area (Å²) in [7, 11) is 0. The lowest BCUT2D eigenvalue weighted by Crippen LogP contribution is -2.04. The molecule has 0 aliphatic rings. The van der Waals surface area contributed by atoms with Crippen LogP contribution in [-0.4, -0.2) is 22.5 Å². The van der Waals surface area contributed by atoms with Crippen LogP contribution in [-0.2, 0) is 4.74 Å². The summed E-state index contributed by atoms with van der Waals surface area (Å²) in [6.45, 7) is 2.06. The van der Waals surface area contributed by atoms with E-state index in [-0.39, 0.29) is 5.69 Å². The second-order valence-electron chi connectivity index (χ2n) is 4.04. The highest BCUT2D eigenvalue weighted by atomic mass is 32.2. The first-order valence-electron chi connectivity index (χ1n) is 6.14. The summed E-state index contributed by atoms with van der Waals surface area (Å²) in [5, 5.41) is 2.43. The third-order valence-corrected chi connectivity index (χ3v) is 3.47. The van der Waals surface area contributed by atoms with Gasteiger partial charge in [-0.25, -0.2) is 4.79 Å². The van der Waals surface area contributed by atoms with Crippen LogP contribution in [0.5, 0.6) is 0 Å². The lowest BCUT2D eigenvalue weighted by Gasteiger charge is -1.94. The van der Waals surface area contributed by atoms with Gasteiger partial charge in [-0.1, -0.05) is 18.2 Å². The number of ether oxygens (including phenoxy) is 1. The van der Waals surface area contributed by atoms with E-state index in [0.717, 1.165) is 15.9 Å². The van der Waals surface area contributed by atoms with E-state index in [2.05, 4.69) is 9.97 Å². The molecule has 0 amide bonds. The fraction of sp³-hybridized carbons (Fsp3) is 0.143. The van der Waals surface area contributed by atoms with Crippen molar-refractivity contribution < 1.29 is 13.9 Å². The lowest BCUT2D eigenvalue weighted by atomic mass is 10.3. The van der Waals surface area contributed by atoms with Crippen LogP contribution in [0.15, 0.2) is 51.3 Å². The SMILES string of the molecule is CCOC(=O)c1coc(Sc2cc3ccccc3[nH]2)n1. The number of oxazole rings is 1. The second-order valence-corrected chi connectivity index (χ2v) is 5.04. The molecule has 5 nitrogen and oxygen atoms in total. The highest BCUT2D eigenvalue weighted by molar-refractivity contribution is 7.99. The summed E-state index contributed by atoms with van der Waals surface area (Å²) in [5.74, 6) is -0.472. The van der Waals surface area contributed by atoms with E-state index in [9.17, 15) is 4.79 Å². The number of benzene rings is 1. The normalized spacial score (nSPS) is 10.8. The molecule has 0 aliphatic carbocycles. The minimum Gasteiger partial charge on any atom is -0.461 e. The summed E-state index contributed by atoms with van der Waals surface area (Å²) in [6.07, 6.45) is 1.31. The Bertz CT molecular complexity index is 715. The highest BCUT2D eigenvalue weighted by Gasteiger charge is 2.14. The van der Waals surface area contributed by atoms with Gasteiger partial charge < -0.3 is 14.1 Å². The average Bonchev–Trinajstić information content (AvgIpc) is 3.05. The molecule has 3 rings (SSSR count). The summed E-state index contributed by atoms with van der Waals surface area (Å²) in [4.78, 5) is 18.8. The molecule has 20 heavy (non-hydrogen) atoms. The van der Waals surface area contributed by atoms with Crippen LogP contribution in [0, 0.1) is 0 Å². The molecule has 0 bridgehead atoms. The van der Waals surface area contributed by atoms with Crippen molar-refractivity contribution in [3.63, 3.8) is 0 Å². The van der Waals surface area contributed by atoms with E-state index in [1.54, 1.807) is 6.92 Å².